The number of aliphatic hydroxyl groups excluding tert-OH is 4. The van der Waals surface area contributed by atoms with Crippen molar-refractivity contribution in [1.29, 1.82) is 0 Å². The standard InChI is InChI=1S/C5H12O4.Cl2H2O3P2/c6-1-5(2-7,3-8)4-9;1-6(2)5-7(3)4/h6-9H,1-4H2;3-4H. The van der Waals surface area contributed by atoms with Crippen LogP contribution in [0.2, 0.25) is 0 Å². The van der Waals surface area contributed by atoms with Crippen LogP contribution in [-0.2, 0) is 4.31 Å². The molecule has 0 saturated heterocycles. The molecule has 0 fully saturated rings. The Kier molecular flexibility index (Phi) is 13.7. The lowest BCUT2D eigenvalue weighted by Crippen LogP contribution is -2.37. The van der Waals surface area contributed by atoms with Crippen molar-refractivity contribution >= 4 is 37.9 Å². The van der Waals surface area contributed by atoms with Gasteiger partial charge in [0, 0.05) is 0 Å². The molecule has 0 aromatic rings. The normalized spacial score (nSPS) is 11.6. The van der Waals surface area contributed by atoms with Crippen LogP contribution in [-0.4, -0.2) is 56.6 Å². The van der Waals surface area contributed by atoms with Crippen LogP contribution in [0, 0.1) is 5.41 Å². The van der Waals surface area contributed by atoms with Gasteiger partial charge in [-0.05, 0) is 22.5 Å². The molecule has 0 heterocycles. The molecule has 0 aromatic heterocycles. The zero-order valence-corrected chi connectivity index (χ0v) is 11.4. The average Bonchev–Trinajstić information content (AvgIpc) is 2.21. The second-order valence-electron chi connectivity index (χ2n) is 2.67. The molecule has 100 valence electrons. The molecule has 0 aliphatic heterocycles. The summed E-state index contributed by atoms with van der Waals surface area (Å²) < 4.78 is 4.02. The van der Waals surface area contributed by atoms with Crippen molar-refractivity contribution in [3.63, 3.8) is 0 Å². The third-order valence-electron chi connectivity index (χ3n) is 1.48. The van der Waals surface area contributed by atoms with Gasteiger partial charge in [0.05, 0.1) is 31.8 Å². The SMILES string of the molecule is OCC(CO)(CO)CO.OP(O)OP(Cl)Cl. The van der Waals surface area contributed by atoms with Gasteiger partial charge in [-0.1, -0.05) is 0 Å². The molecule has 0 unspecified atom stereocenters. The molecule has 0 aromatic carbocycles. The van der Waals surface area contributed by atoms with Gasteiger partial charge in [0.1, 0.15) is 0 Å². The zero-order chi connectivity index (χ0) is 13.2. The van der Waals surface area contributed by atoms with Gasteiger partial charge in [0.2, 0.25) is 6.85 Å². The Labute approximate surface area is 105 Å². The highest BCUT2D eigenvalue weighted by molar-refractivity contribution is 8.02. The summed E-state index contributed by atoms with van der Waals surface area (Å²) in [4.78, 5) is 15.9. The van der Waals surface area contributed by atoms with Crippen LogP contribution in [0.25, 0.3) is 0 Å². The first-order valence-electron chi connectivity index (χ1n) is 3.78. The van der Waals surface area contributed by atoms with Crippen molar-refractivity contribution in [2.75, 3.05) is 26.4 Å². The average molecular weight is 319 g/mol. The predicted octanol–water partition coefficient (Wildman–Crippen LogP) is -0.139. The Hall–Kier alpha value is 1.16. The van der Waals surface area contributed by atoms with Crippen molar-refractivity contribution < 1.29 is 34.5 Å². The van der Waals surface area contributed by atoms with Gasteiger partial charge in [0.25, 0.3) is 0 Å². The Morgan fingerprint density at radius 1 is 0.875 bits per heavy atom. The van der Waals surface area contributed by atoms with Crippen LogP contribution in [0.15, 0.2) is 0 Å². The minimum absolute atomic E-state index is 0.406. The second-order valence-corrected chi connectivity index (χ2v) is 6.59. The minimum atomic E-state index is -2.38. The van der Waals surface area contributed by atoms with E-state index in [9.17, 15) is 0 Å². The van der Waals surface area contributed by atoms with Crippen molar-refractivity contribution in [1.82, 2.24) is 0 Å². The number of aliphatic hydroxyl groups is 4. The Balaban J connectivity index is 0. The lowest BCUT2D eigenvalue weighted by atomic mass is 9.93. The monoisotopic (exact) mass is 318 g/mol. The summed E-state index contributed by atoms with van der Waals surface area (Å²) in [7, 11) is -2.38. The molecule has 0 saturated carbocycles. The van der Waals surface area contributed by atoms with Gasteiger partial charge in [-0.25, -0.2) is 0 Å². The zero-order valence-electron chi connectivity index (χ0n) is 8.07. The van der Waals surface area contributed by atoms with Gasteiger partial charge in [0.15, 0.2) is 0 Å². The molecule has 11 heteroatoms. The fourth-order valence-electron chi connectivity index (χ4n) is 0.355. The van der Waals surface area contributed by atoms with Gasteiger partial charge in [-0.15, -0.1) is 0 Å². The molecule has 0 spiro atoms. The molecule has 0 aliphatic carbocycles. The lowest BCUT2D eigenvalue weighted by molar-refractivity contribution is -0.0328. The molecule has 0 aliphatic rings. The molecular weight excluding hydrogens is 305 g/mol. The minimum Gasteiger partial charge on any atom is -0.396 e. The van der Waals surface area contributed by atoms with Gasteiger partial charge < -0.3 is 30.2 Å². The van der Waals surface area contributed by atoms with E-state index in [4.69, 9.17) is 52.7 Å². The van der Waals surface area contributed by atoms with Crippen molar-refractivity contribution in [3.8, 4) is 0 Å². The van der Waals surface area contributed by atoms with Crippen LogP contribution in [0.4, 0.5) is 0 Å². The lowest BCUT2D eigenvalue weighted by Gasteiger charge is -2.23. The third kappa shape index (κ3) is 10.3. The first-order valence-corrected chi connectivity index (χ1v) is 8.02. The number of halogens is 2. The van der Waals surface area contributed by atoms with Crippen molar-refractivity contribution in [2.24, 2.45) is 5.41 Å². The highest BCUT2D eigenvalue weighted by Crippen LogP contribution is 2.56. The first kappa shape index (κ1) is 19.5. The van der Waals surface area contributed by atoms with E-state index in [1.165, 1.54) is 0 Å². The summed E-state index contributed by atoms with van der Waals surface area (Å²) in [6.07, 6.45) is 0. The maximum Gasteiger partial charge on any atom is 0.332 e. The number of rotatable bonds is 6. The fraction of sp³-hybridized carbons (Fsp3) is 1.00. The van der Waals surface area contributed by atoms with E-state index in [1.54, 1.807) is 0 Å². The van der Waals surface area contributed by atoms with Crippen LogP contribution < -0.4 is 0 Å². The number of hydrogen-bond acceptors (Lipinski definition) is 7. The van der Waals surface area contributed by atoms with Crippen LogP contribution in [0.1, 0.15) is 0 Å². The summed E-state index contributed by atoms with van der Waals surface area (Å²) in [5.74, 6) is 0. The van der Waals surface area contributed by atoms with Gasteiger partial charge >= 0.3 is 8.60 Å². The van der Waals surface area contributed by atoms with E-state index in [-0.39, 0.29) is 0 Å². The van der Waals surface area contributed by atoms with E-state index < -0.39 is 47.3 Å². The summed E-state index contributed by atoms with van der Waals surface area (Å²) in [6.45, 7) is -3.29. The van der Waals surface area contributed by atoms with E-state index in [2.05, 4.69) is 4.31 Å². The Morgan fingerprint density at radius 2 is 1.19 bits per heavy atom. The molecule has 16 heavy (non-hydrogen) atoms. The maximum atomic E-state index is 8.50. The highest BCUT2D eigenvalue weighted by atomic mass is 35.9. The maximum absolute atomic E-state index is 8.50. The van der Waals surface area contributed by atoms with Crippen LogP contribution >= 0.6 is 37.9 Å². The van der Waals surface area contributed by atoms with E-state index in [0.29, 0.717) is 0 Å². The Bertz CT molecular complexity index is 134. The van der Waals surface area contributed by atoms with Gasteiger partial charge in [-0.2, -0.15) is 0 Å². The van der Waals surface area contributed by atoms with E-state index >= 15 is 0 Å². The molecule has 0 amide bonds. The van der Waals surface area contributed by atoms with Gasteiger partial charge in [-0.3, -0.25) is 4.31 Å². The molecule has 7 nitrogen and oxygen atoms in total. The van der Waals surface area contributed by atoms with Crippen LogP contribution in [0.3, 0.4) is 0 Å². The fourth-order valence-corrected chi connectivity index (χ4v) is 1.79. The number of hydrogen-bond donors (Lipinski definition) is 6. The molecule has 0 radical (unpaired) electrons. The second kappa shape index (κ2) is 11.3. The summed E-state index contributed by atoms with van der Waals surface area (Å²) in [5.41, 5.74) is -1.11. The molecule has 0 atom stereocenters. The molecule has 0 bridgehead atoms. The topological polar surface area (TPSA) is 131 Å². The van der Waals surface area contributed by atoms with Crippen molar-refractivity contribution in [2.45, 2.75) is 0 Å². The summed E-state index contributed by atoms with van der Waals surface area (Å²) in [5, 5.41) is 34.0. The van der Waals surface area contributed by atoms with E-state index in [1.807, 2.05) is 0 Å². The Morgan fingerprint density at radius 3 is 1.19 bits per heavy atom. The van der Waals surface area contributed by atoms with Crippen molar-refractivity contribution in [3.05, 3.63) is 0 Å². The summed E-state index contributed by atoms with van der Waals surface area (Å²) >= 11 is 9.95. The van der Waals surface area contributed by atoms with E-state index in [0.717, 1.165) is 0 Å². The molecule has 6 N–H and O–H groups in total. The summed E-state index contributed by atoms with van der Waals surface area (Å²) in [6, 6.07) is 0. The quantitative estimate of drug-likeness (QED) is 0.376. The first-order chi connectivity index (χ1) is 7.37. The molecular formula is C5H14Cl2O7P2. The predicted molar refractivity (Wildman–Crippen MR) is 61.8 cm³/mol. The van der Waals surface area contributed by atoms with Crippen LogP contribution in [0.5, 0.6) is 0 Å². The highest BCUT2D eigenvalue weighted by Gasteiger charge is 2.26. The third-order valence-corrected chi connectivity index (χ3v) is 3.67. The smallest absolute Gasteiger partial charge is 0.332 e. The largest absolute Gasteiger partial charge is 0.396 e. The molecule has 0 rings (SSSR count).